The van der Waals surface area contributed by atoms with Gasteiger partial charge in [0.1, 0.15) is 5.75 Å². The molecule has 0 radical (unpaired) electrons. The molecule has 0 saturated heterocycles. The Labute approximate surface area is 148 Å². The Morgan fingerprint density at radius 2 is 1.40 bits per heavy atom. The zero-order chi connectivity index (χ0) is 18.4. The highest BCUT2D eigenvalue weighted by Gasteiger charge is 2.19. The molecular weight excluding hydrogens is 316 g/mol. The highest BCUT2D eigenvalue weighted by Crippen LogP contribution is 2.20. The number of hydrogen-bond donors (Lipinski definition) is 0. The summed E-state index contributed by atoms with van der Waals surface area (Å²) in [6.07, 6.45) is 0. The van der Waals surface area contributed by atoms with Crippen LogP contribution in [0.25, 0.3) is 0 Å². The van der Waals surface area contributed by atoms with Gasteiger partial charge in [-0.05, 0) is 41.7 Å². The normalized spacial score (nSPS) is 10.8. The van der Waals surface area contributed by atoms with Crippen LogP contribution in [0, 0.1) is 5.92 Å². The number of carbonyl (C=O) groups is 2. The average molecular weight is 340 g/mol. The molecule has 4 nitrogen and oxygen atoms in total. The first-order valence-electron chi connectivity index (χ1n) is 8.46. The van der Waals surface area contributed by atoms with Crippen molar-refractivity contribution in [1.29, 1.82) is 0 Å². The van der Waals surface area contributed by atoms with Gasteiger partial charge in [0.15, 0.2) is 0 Å². The van der Waals surface area contributed by atoms with E-state index in [0.717, 1.165) is 5.56 Å². The lowest BCUT2D eigenvalue weighted by atomic mass is 10.0. The molecule has 132 valence electrons. The van der Waals surface area contributed by atoms with Gasteiger partial charge in [0.05, 0.1) is 17.7 Å². The van der Waals surface area contributed by atoms with Crippen molar-refractivity contribution < 1.29 is 19.1 Å². The van der Waals surface area contributed by atoms with Gasteiger partial charge in [0.25, 0.3) is 0 Å². The van der Waals surface area contributed by atoms with E-state index in [4.69, 9.17) is 9.47 Å². The van der Waals surface area contributed by atoms with Crippen LogP contribution < -0.4 is 4.74 Å². The van der Waals surface area contributed by atoms with Crippen molar-refractivity contribution in [2.45, 2.75) is 33.6 Å². The van der Waals surface area contributed by atoms with Crippen LogP contribution in [0.2, 0.25) is 0 Å². The molecule has 0 fully saturated rings. The van der Waals surface area contributed by atoms with Gasteiger partial charge in [-0.1, -0.05) is 52.0 Å². The highest BCUT2D eigenvalue weighted by atomic mass is 16.5. The average Bonchev–Trinajstić information content (AvgIpc) is 2.60. The first-order valence-corrected chi connectivity index (χ1v) is 8.46. The molecule has 0 aromatic heterocycles. The van der Waals surface area contributed by atoms with Gasteiger partial charge in [-0.25, -0.2) is 9.59 Å². The minimum Gasteiger partial charge on any atom is -0.462 e. The van der Waals surface area contributed by atoms with Gasteiger partial charge in [-0.15, -0.1) is 0 Å². The minimum atomic E-state index is -0.575. The summed E-state index contributed by atoms with van der Waals surface area (Å²) in [5.74, 6) is -0.0192. The Kier molecular flexibility index (Phi) is 6.34. The molecule has 2 aromatic carbocycles. The molecule has 0 N–H and O–H groups in total. The van der Waals surface area contributed by atoms with Crippen molar-refractivity contribution in [1.82, 2.24) is 0 Å². The number of rotatable bonds is 6. The maximum Gasteiger partial charge on any atom is 0.344 e. The Bertz CT molecular complexity index is 730. The summed E-state index contributed by atoms with van der Waals surface area (Å²) in [7, 11) is 0. The van der Waals surface area contributed by atoms with Crippen molar-refractivity contribution in [3.05, 3.63) is 65.2 Å². The fourth-order valence-corrected chi connectivity index (χ4v) is 2.24. The third-order valence-corrected chi connectivity index (χ3v) is 3.67. The van der Waals surface area contributed by atoms with Gasteiger partial charge >= 0.3 is 11.9 Å². The monoisotopic (exact) mass is 340 g/mol. The van der Waals surface area contributed by atoms with Crippen LogP contribution in [0.1, 0.15) is 59.9 Å². The molecule has 4 heteroatoms. The van der Waals surface area contributed by atoms with Crippen LogP contribution in [-0.4, -0.2) is 18.5 Å². The SMILES string of the molecule is CC(C)COC(=O)c1ccccc1C(=O)Oc1ccc(C(C)C)cc1. The molecule has 0 saturated carbocycles. The zero-order valence-electron chi connectivity index (χ0n) is 15.1. The van der Waals surface area contributed by atoms with Crippen LogP contribution in [0.4, 0.5) is 0 Å². The maximum absolute atomic E-state index is 12.5. The number of hydrogen-bond acceptors (Lipinski definition) is 4. The summed E-state index contributed by atoms with van der Waals surface area (Å²) >= 11 is 0. The molecule has 0 heterocycles. The summed E-state index contributed by atoms with van der Waals surface area (Å²) in [4.78, 5) is 24.7. The minimum absolute atomic E-state index is 0.198. The van der Waals surface area contributed by atoms with E-state index in [1.165, 1.54) is 0 Å². The quantitative estimate of drug-likeness (QED) is 0.557. The largest absolute Gasteiger partial charge is 0.462 e. The lowest BCUT2D eigenvalue weighted by molar-refractivity contribution is 0.0452. The second-order valence-electron chi connectivity index (χ2n) is 6.65. The fraction of sp³-hybridized carbons (Fsp3) is 0.333. The third kappa shape index (κ3) is 5.18. The van der Waals surface area contributed by atoms with Gasteiger partial charge in [0.2, 0.25) is 0 Å². The van der Waals surface area contributed by atoms with Crippen molar-refractivity contribution in [2.24, 2.45) is 5.92 Å². The molecule has 2 aromatic rings. The molecule has 0 amide bonds. The second-order valence-corrected chi connectivity index (χ2v) is 6.65. The van der Waals surface area contributed by atoms with Crippen molar-refractivity contribution in [3.63, 3.8) is 0 Å². The van der Waals surface area contributed by atoms with E-state index in [2.05, 4.69) is 13.8 Å². The van der Waals surface area contributed by atoms with E-state index >= 15 is 0 Å². The van der Waals surface area contributed by atoms with Gasteiger partial charge in [-0.2, -0.15) is 0 Å². The summed E-state index contributed by atoms with van der Waals surface area (Å²) in [5.41, 5.74) is 1.58. The topological polar surface area (TPSA) is 52.6 Å². The predicted molar refractivity (Wildman–Crippen MR) is 97.1 cm³/mol. The van der Waals surface area contributed by atoms with Crippen molar-refractivity contribution in [2.75, 3.05) is 6.61 Å². The Hall–Kier alpha value is -2.62. The molecule has 0 unspecified atom stereocenters. The molecule has 0 aliphatic carbocycles. The fourth-order valence-electron chi connectivity index (χ4n) is 2.24. The van der Waals surface area contributed by atoms with Crippen molar-refractivity contribution >= 4 is 11.9 Å². The number of esters is 2. The van der Waals surface area contributed by atoms with Crippen LogP contribution >= 0.6 is 0 Å². The molecular formula is C21H24O4. The lowest BCUT2D eigenvalue weighted by Gasteiger charge is -2.11. The molecule has 25 heavy (non-hydrogen) atoms. The number of benzene rings is 2. The zero-order valence-corrected chi connectivity index (χ0v) is 15.1. The summed E-state index contributed by atoms with van der Waals surface area (Å²) in [6, 6.07) is 13.9. The van der Waals surface area contributed by atoms with E-state index in [9.17, 15) is 9.59 Å². The van der Waals surface area contributed by atoms with E-state index < -0.39 is 11.9 Å². The first kappa shape index (κ1) is 18.7. The Morgan fingerprint density at radius 1 is 0.840 bits per heavy atom. The third-order valence-electron chi connectivity index (χ3n) is 3.67. The predicted octanol–water partition coefficient (Wildman–Crippen LogP) is 4.84. The maximum atomic E-state index is 12.5. The van der Waals surface area contributed by atoms with Gasteiger partial charge in [0, 0.05) is 0 Å². The van der Waals surface area contributed by atoms with E-state index in [0.29, 0.717) is 18.3 Å². The standard InChI is InChI=1S/C21H24O4/c1-14(2)13-24-20(22)18-7-5-6-8-19(18)21(23)25-17-11-9-16(10-12-17)15(3)4/h5-12,14-15H,13H2,1-4H3. The smallest absolute Gasteiger partial charge is 0.344 e. The van der Waals surface area contributed by atoms with Crippen LogP contribution in [0.3, 0.4) is 0 Å². The Morgan fingerprint density at radius 3 is 1.92 bits per heavy atom. The molecule has 0 atom stereocenters. The lowest BCUT2D eigenvalue weighted by Crippen LogP contribution is -2.17. The molecule has 2 rings (SSSR count). The van der Waals surface area contributed by atoms with Gasteiger partial charge in [-0.3, -0.25) is 0 Å². The van der Waals surface area contributed by atoms with Crippen LogP contribution in [-0.2, 0) is 4.74 Å². The summed E-state index contributed by atoms with van der Waals surface area (Å²) in [6.45, 7) is 8.40. The van der Waals surface area contributed by atoms with E-state index in [1.54, 1.807) is 36.4 Å². The summed E-state index contributed by atoms with van der Waals surface area (Å²) in [5, 5.41) is 0. The Balaban J connectivity index is 2.15. The molecule has 0 aliphatic rings. The summed E-state index contributed by atoms with van der Waals surface area (Å²) < 4.78 is 10.6. The molecule has 0 aliphatic heterocycles. The van der Waals surface area contributed by atoms with Crippen LogP contribution in [0.5, 0.6) is 5.75 Å². The van der Waals surface area contributed by atoms with Crippen molar-refractivity contribution in [3.8, 4) is 5.75 Å². The number of carbonyl (C=O) groups excluding carboxylic acids is 2. The van der Waals surface area contributed by atoms with E-state index in [-0.39, 0.29) is 17.0 Å². The van der Waals surface area contributed by atoms with Gasteiger partial charge < -0.3 is 9.47 Å². The molecule has 0 bridgehead atoms. The van der Waals surface area contributed by atoms with Crippen LogP contribution in [0.15, 0.2) is 48.5 Å². The highest BCUT2D eigenvalue weighted by molar-refractivity contribution is 6.03. The second kappa shape index (κ2) is 8.47. The van der Waals surface area contributed by atoms with E-state index in [1.807, 2.05) is 26.0 Å². The number of ether oxygens (including phenoxy) is 2. The molecule has 0 spiro atoms. The first-order chi connectivity index (χ1) is 11.9.